The molecule has 0 spiro atoms. The quantitative estimate of drug-likeness (QED) is 0.629. The smallest absolute Gasteiger partial charge is 0.362 e. The molecule has 7 nitrogen and oxygen atoms in total. The Hall–Kier alpha value is -2.22. The number of thiol groups is 1. The van der Waals surface area contributed by atoms with Gasteiger partial charge in [0.1, 0.15) is 10.7 Å². The van der Waals surface area contributed by atoms with Crippen LogP contribution in [0, 0.1) is 0 Å². The van der Waals surface area contributed by atoms with Gasteiger partial charge in [-0.3, -0.25) is 0 Å². The molecular formula is C12H12N2O5S. The fraction of sp³-hybridized carbons (Fsp3) is 0.250. The average Bonchev–Trinajstić information content (AvgIpc) is 2.37. The highest BCUT2D eigenvalue weighted by atomic mass is 32.2. The Morgan fingerprint density at radius 1 is 1.30 bits per heavy atom. The van der Waals surface area contributed by atoms with E-state index in [9.17, 15) is 18.3 Å². The van der Waals surface area contributed by atoms with Gasteiger partial charge in [-0.2, -0.15) is 0 Å². The number of rotatable bonds is 4. The molecule has 0 bridgehead atoms. The van der Waals surface area contributed by atoms with Gasteiger partial charge in [-0.15, -0.1) is 0 Å². The zero-order chi connectivity index (χ0) is 14.7. The molecular weight excluding hydrogens is 284 g/mol. The Balaban J connectivity index is 2.48. The normalized spacial score (nSPS) is 10.9. The molecule has 1 aromatic carbocycles. The van der Waals surface area contributed by atoms with Crippen LogP contribution in [0.25, 0.3) is 11.0 Å². The van der Waals surface area contributed by atoms with E-state index in [1.807, 2.05) is 0 Å². The van der Waals surface area contributed by atoms with Gasteiger partial charge in [0, 0.05) is 0 Å². The van der Waals surface area contributed by atoms with Crippen LogP contribution in [0.15, 0.2) is 18.2 Å². The molecule has 0 saturated carbocycles. The first-order chi connectivity index (χ1) is 9.51. The summed E-state index contributed by atoms with van der Waals surface area (Å²) in [5.74, 6) is -1.42. The van der Waals surface area contributed by atoms with Crippen LogP contribution in [-0.4, -0.2) is 36.1 Å². The molecule has 1 heterocycles. The van der Waals surface area contributed by atoms with Gasteiger partial charge in [0.25, 0.3) is 0 Å². The highest BCUT2D eigenvalue weighted by Gasteiger charge is 2.17. The van der Waals surface area contributed by atoms with Crippen molar-refractivity contribution in [2.24, 2.45) is 0 Å². The predicted octanol–water partition coefficient (Wildman–Crippen LogP) is 0.623. The lowest BCUT2D eigenvalue weighted by Crippen LogP contribution is -2.08. The third-order valence-corrected chi connectivity index (χ3v) is 3.11. The maximum absolute atomic E-state index is 11.6. The van der Waals surface area contributed by atoms with Crippen LogP contribution in [-0.2, 0) is 21.2 Å². The van der Waals surface area contributed by atoms with Crippen molar-refractivity contribution < 1.29 is 23.1 Å². The van der Waals surface area contributed by atoms with E-state index < -0.39 is 22.6 Å². The largest absolute Gasteiger partial charge is 0.492 e. The Bertz CT molecular complexity index is 734. The molecule has 2 aromatic rings. The number of fused-ring (bicyclic) bond motifs is 1. The first-order valence-corrected chi connectivity index (χ1v) is 7.16. The fourth-order valence-corrected chi connectivity index (χ4v) is 2.17. The molecule has 0 aliphatic carbocycles. The van der Waals surface area contributed by atoms with Crippen molar-refractivity contribution in [3.05, 3.63) is 29.5 Å². The molecule has 0 aliphatic rings. The Labute approximate surface area is 116 Å². The molecule has 1 N–H and O–H groups in total. The Morgan fingerprint density at radius 3 is 2.70 bits per heavy atom. The van der Waals surface area contributed by atoms with Crippen LogP contribution >= 0.6 is 0 Å². The van der Waals surface area contributed by atoms with Gasteiger partial charge >= 0.3 is 5.97 Å². The van der Waals surface area contributed by atoms with Crippen molar-refractivity contribution in [1.82, 2.24) is 9.97 Å². The molecule has 0 fully saturated rings. The number of nitrogens with zero attached hydrogens (tertiary/aromatic N) is 2. The summed E-state index contributed by atoms with van der Waals surface area (Å²) in [6.07, 6.45) is 0. The van der Waals surface area contributed by atoms with Gasteiger partial charge in [-0.25, -0.2) is 23.2 Å². The number of ether oxygens (including phenoxy) is 1. The zero-order valence-electron chi connectivity index (χ0n) is 10.6. The van der Waals surface area contributed by atoms with Crippen molar-refractivity contribution in [2.45, 2.75) is 12.7 Å². The highest BCUT2D eigenvalue weighted by Crippen LogP contribution is 2.20. The summed E-state index contributed by atoms with van der Waals surface area (Å²) in [5.41, 5.74) is 0.953. The number of esters is 1. The van der Waals surface area contributed by atoms with Crippen molar-refractivity contribution in [2.75, 3.05) is 6.61 Å². The molecule has 0 radical (unpaired) electrons. The van der Waals surface area contributed by atoms with E-state index in [0.717, 1.165) is 0 Å². The summed E-state index contributed by atoms with van der Waals surface area (Å²) in [5, 5.41) is 9.68. The second-order valence-corrected chi connectivity index (χ2v) is 4.91. The maximum Gasteiger partial charge on any atom is 0.362 e. The lowest BCUT2D eigenvalue weighted by molar-refractivity contribution is 0.0515. The van der Waals surface area contributed by atoms with Gasteiger partial charge in [0.05, 0.1) is 23.4 Å². The van der Waals surface area contributed by atoms with E-state index in [2.05, 4.69) is 9.97 Å². The molecule has 20 heavy (non-hydrogen) atoms. The Morgan fingerprint density at radius 2 is 2.05 bits per heavy atom. The standard InChI is InChI=1S/C12H12N2O5S/c1-2-19-12(16)10-11(15)14-9-5-7(6-20(17)18)3-4-8(9)13-10/h3-5,20H,2,6H2,1H3,(H,14,15). The molecule has 8 heteroatoms. The number of carbonyl (C=O) groups is 1. The van der Waals surface area contributed by atoms with Gasteiger partial charge in [0.15, 0.2) is 0 Å². The van der Waals surface area contributed by atoms with Crippen molar-refractivity contribution >= 4 is 27.7 Å². The molecule has 2 rings (SSSR count). The third-order valence-electron chi connectivity index (χ3n) is 2.49. The van der Waals surface area contributed by atoms with Crippen LogP contribution in [0.4, 0.5) is 0 Å². The highest BCUT2D eigenvalue weighted by molar-refractivity contribution is 7.71. The monoisotopic (exact) mass is 296 g/mol. The van der Waals surface area contributed by atoms with E-state index in [1.165, 1.54) is 6.07 Å². The van der Waals surface area contributed by atoms with E-state index in [1.54, 1.807) is 19.1 Å². The first-order valence-electron chi connectivity index (χ1n) is 5.80. The predicted molar refractivity (Wildman–Crippen MR) is 71.2 cm³/mol. The van der Waals surface area contributed by atoms with E-state index >= 15 is 0 Å². The van der Waals surface area contributed by atoms with Crippen molar-refractivity contribution in [1.29, 1.82) is 0 Å². The minimum Gasteiger partial charge on any atom is -0.492 e. The van der Waals surface area contributed by atoms with Gasteiger partial charge in [0.2, 0.25) is 11.6 Å². The lowest BCUT2D eigenvalue weighted by Gasteiger charge is -2.05. The maximum atomic E-state index is 11.6. The molecule has 0 atom stereocenters. The summed E-state index contributed by atoms with van der Waals surface area (Å²) in [4.78, 5) is 19.4. The summed E-state index contributed by atoms with van der Waals surface area (Å²) in [6, 6.07) is 4.62. The topological polar surface area (TPSA) is 106 Å². The van der Waals surface area contributed by atoms with Gasteiger partial charge in [-0.1, -0.05) is 6.07 Å². The van der Waals surface area contributed by atoms with E-state index in [0.29, 0.717) is 16.6 Å². The minimum absolute atomic E-state index is 0.118. The minimum atomic E-state index is -2.55. The van der Waals surface area contributed by atoms with Crippen LogP contribution < -0.4 is 0 Å². The van der Waals surface area contributed by atoms with Crippen LogP contribution in [0.2, 0.25) is 0 Å². The second kappa shape index (κ2) is 5.83. The van der Waals surface area contributed by atoms with Crippen LogP contribution in [0.1, 0.15) is 23.0 Å². The number of aromatic hydroxyl groups is 1. The molecule has 0 aliphatic heterocycles. The average molecular weight is 296 g/mol. The van der Waals surface area contributed by atoms with Crippen molar-refractivity contribution in [3.8, 4) is 5.88 Å². The lowest BCUT2D eigenvalue weighted by atomic mass is 10.2. The summed E-state index contributed by atoms with van der Waals surface area (Å²) < 4.78 is 26.1. The zero-order valence-corrected chi connectivity index (χ0v) is 11.5. The van der Waals surface area contributed by atoms with Crippen LogP contribution in [0.3, 0.4) is 0 Å². The molecule has 0 unspecified atom stereocenters. The second-order valence-electron chi connectivity index (χ2n) is 3.93. The van der Waals surface area contributed by atoms with Crippen molar-refractivity contribution in [3.63, 3.8) is 0 Å². The Kier molecular flexibility index (Phi) is 4.14. The fourth-order valence-electron chi connectivity index (χ4n) is 1.67. The third kappa shape index (κ3) is 3.02. The van der Waals surface area contributed by atoms with Crippen LogP contribution in [0.5, 0.6) is 5.88 Å². The number of benzene rings is 1. The van der Waals surface area contributed by atoms with E-state index in [4.69, 9.17) is 4.74 Å². The SMILES string of the molecule is CCOC(=O)c1nc2ccc(C[SH](=O)=O)cc2nc1O. The number of carbonyl (C=O) groups excluding carboxylic acids is 1. The molecule has 106 valence electrons. The molecule has 0 amide bonds. The van der Waals surface area contributed by atoms with Gasteiger partial charge in [-0.05, 0) is 24.6 Å². The number of hydrogen-bond acceptors (Lipinski definition) is 7. The summed E-state index contributed by atoms with van der Waals surface area (Å²) in [7, 11) is -2.55. The first kappa shape index (κ1) is 14.2. The summed E-state index contributed by atoms with van der Waals surface area (Å²) >= 11 is 0. The molecule has 1 aromatic heterocycles. The number of aromatic nitrogens is 2. The summed E-state index contributed by atoms with van der Waals surface area (Å²) in [6.45, 7) is 1.80. The van der Waals surface area contributed by atoms with E-state index in [-0.39, 0.29) is 18.1 Å². The molecule has 0 saturated heterocycles. The number of hydrogen-bond donors (Lipinski definition) is 2. The van der Waals surface area contributed by atoms with Gasteiger partial charge < -0.3 is 9.84 Å².